The number of nitrogens with one attached hydrogen (secondary N) is 1. The van der Waals surface area contributed by atoms with Gasteiger partial charge >= 0.3 is 12.0 Å². The first-order chi connectivity index (χ1) is 14.5. The van der Waals surface area contributed by atoms with Crippen molar-refractivity contribution in [1.29, 1.82) is 0 Å². The van der Waals surface area contributed by atoms with Crippen LogP contribution in [0.15, 0.2) is 65.9 Å². The summed E-state index contributed by atoms with van der Waals surface area (Å²) in [6.45, 7) is 2.55. The van der Waals surface area contributed by atoms with Crippen LogP contribution in [0.5, 0.6) is 5.75 Å². The Morgan fingerprint density at radius 1 is 1.03 bits per heavy atom. The quantitative estimate of drug-likeness (QED) is 0.533. The minimum Gasteiger partial charge on any atom is -0.497 e. The Labute approximate surface area is 176 Å². The molecule has 158 valence electrons. The number of esters is 1. The molecule has 0 aliphatic carbocycles. The van der Waals surface area contributed by atoms with Crippen molar-refractivity contribution in [3.8, 4) is 5.75 Å². The van der Waals surface area contributed by atoms with Gasteiger partial charge in [0.25, 0.3) is 0 Å². The molecule has 1 aliphatic rings. The fourth-order valence-corrected chi connectivity index (χ4v) is 3.34. The number of benzene rings is 2. The first-order valence-electron chi connectivity index (χ1n) is 9.68. The molecule has 1 N–H and O–H groups in total. The van der Waals surface area contributed by atoms with Crippen LogP contribution in [0, 0.1) is 0 Å². The molecule has 1 aliphatic heterocycles. The first kappa shape index (κ1) is 21.4. The molecule has 30 heavy (non-hydrogen) atoms. The van der Waals surface area contributed by atoms with E-state index in [4.69, 9.17) is 14.2 Å². The number of rotatable bonds is 8. The number of nitrogens with zero attached hydrogens (tertiary/aromatic N) is 1. The van der Waals surface area contributed by atoms with Crippen molar-refractivity contribution in [3.63, 3.8) is 0 Å². The molecule has 0 bridgehead atoms. The first-order valence-corrected chi connectivity index (χ1v) is 9.68. The molecule has 0 saturated carbocycles. The van der Waals surface area contributed by atoms with Crippen molar-refractivity contribution in [1.82, 2.24) is 10.2 Å². The molecular formula is C23H26N2O5. The number of hydrogen-bond acceptors (Lipinski definition) is 5. The van der Waals surface area contributed by atoms with Crippen molar-refractivity contribution in [2.24, 2.45) is 0 Å². The average Bonchev–Trinajstić information content (AvgIpc) is 2.77. The highest BCUT2D eigenvalue weighted by Gasteiger charge is 2.36. The summed E-state index contributed by atoms with van der Waals surface area (Å²) in [5, 5.41) is 2.95. The lowest BCUT2D eigenvalue weighted by Crippen LogP contribution is -2.47. The monoisotopic (exact) mass is 410 g/mol. The van der Waals surface area contributed by atoms with E-state index < -0.39 is 12.0 Å². The van der Waals surface area contributed by atoms with Gasteiger partial charge < -0.3 is 19.5 Å². The maximum absolute atomic E-state index is 13.0. The summed E-state index contributed by atoms with van der Waals surface area (Å²) in [5.74, 6) is 0.208. The molecule has 2 aromatic carbocycles. The van der Waals surface area contributed by atoms with Gasteiger partial charge in [-0.3, -0.25) is 4.90 Å². The third-order valence-electron chi connectivity index (χ3n) is 4.97. The number of carbonyl (C=O) groups is 2. The zero-order valence-corrected chi connectivity index (χ0v) is 17.4. The predicted octanol–water partition coefficient (Wildman–Crippen LogP) is 3.43. The topological polar surface area (TPSA) is 77.1 Å². The van der Waals surface area contributed by atoms with Crippen LogP contribution in [0.2, 0.25) is 0 Å². The lowest BCUT2D eigenvalue weighted by atomic mass is 9.94. The third kappa shape index (κ3) is 4.80. The minimum absolute atomic E-state index is 0.133. The second kappa shape index (κ2) is 9.93. The van der Waals surface area contributed by atoms with Crippen LogP contribution in [0.25, 0.3) is 0 Å². The molecule has 0 unspecified atom stereocenters. The van der Waals surface area contributed by atoms with Gasteiger partial charge in [-0.25, -0.2) is 9.59 Å². The van der Waals surface area contributed by atoms with Gasteiger partial charge in [-0.05, 0) is 30.2 Å². The smallest absolute Gasteiger partial charge is 0.338 e. The van der Waals surface area contributed by atoms with E-state index in [1.165, 1.54) is 0 Å². The highest BCUT2D eigenvalue weighted by atomic mass is 16.6. The molecule has 3 rings (SSSR count). The molecule has 2 amide bonds. The number of methoxy groups -OCH3 is 2. The van der Waals surface area contributed by atoms with E-state index >= 15 is 0 Å². The van der Waals surface area contributed by atoms with Gasteiger partial charge in [-0.2, -0.15) is 0 Å². The Morgan fingerprint density at radius 2 is 1.73 bits per heavy atom. The van der Waals surface area contributed by atoms with Crippen LogP contribution in [-0.4, -0.2) is 44.3 Å². The van der Waals surface area contributed by atoms with Crippen LogP contribution < -0.4 is 10.1 Å². The zero-order valence-electron chi connectivity index (χ0n) is 17.4. The number of urea groups is 1. The number of allylic oxidation sites excluding steroid dienone is 1. The summed E-state index contributed by atoms with van der Waals surface area (Å²) < 4.78 is 15.6. The van der Waals surface area contributed by atoms with Crippen LogP contribution in [-0.2, 0) is 20.8 Å². The summed E-state index contributed by atoms with van der Waals surface area (Å²) in [6, 6.07) is 16.0. The fraction of sp³-hybridized carbons (Fsp3) is 0.304. The summed E-state index contributed by atoms with van der Waals surface area (Å²) in [6.07, 6.45) is 0. The fourth-order valence-electron chi connectivity index (χ4n) is 3.34. The van der Waals surface area contributed by atoms with Gasteiger partial charge in [0.1, 0.15) is 12.4 Å². The van der Waals surface area contributed by atoms with E-state index in [-0.39, 0.29) is 12.6 Å². The molecule has 0 radical (unpaired) electrons. The molecule has 2 aromatic rings. The zero-order chi connectivity index (χ0) is 21.5. The van der Waals surface area contributed by atoms with Crippen molar-refractivity contribution in [2.75, 3.05) is 27.4 Å². The van der Waals surface area contributed by atoms with Gasteiger partial charge in [-0.1, -0.05) is 42.5 Å². The molecule has 0 spiro atoms. The van der Waals surface area contributed by atoms with E-state index in [2.05, 4.69) is 5.32 Å². The van der Waals surface area contributed by atoms with Crippen molar-refractivity contribution in [2.45, 2.75) is 19.5 Å². The molecule has 0 fully saturated rings. The van der Waals surface area contributed by atoms with Crippen molar-refractivity contribution < 1.29 is 23.8 Å². The summed E-state index contributed by atoms with van der Waals surface area (Å²) in [4.78, 5) is 27.4. The van der Waals surface area contributed by atoms with Crippen LogP contribution in [0.3, 0.4) is 0 Å². The van der Waals surface area contributed by atoms with E-state index in [0.717, 1.165) is 11.1 Å². The molecule has 7 nitrogen and oxygen atoms in total. The SMILES string of the molecule is COCCOC(=O)C1=C(C)N(Cc2ccccc2)C(=O)N[C@@H]1c1ccc(OC)cc1. The summed E-state index contributed by atoms with van der Waals surface area (Å²) in [5.41, 5.74) is 2.68. The molecular weight excluding hydrogens is 384 g/mol. The largest absolute Gasteiger partial charge is 0.497 e. The number of carbonyl (C=O) groups excluding carboxylic acids is 2. The Kier molecular flexibility index (Phi) is 7.08. The predicted molar refractivity (Wildman–Crippen MR) is 112 cm³/mol. The number of hydrogen-bond donors (Lipinski definition) is 1. The minimum atomic E-state index is -0.620. The standard InChI is InChI=1S/C23H26N2O5/c1-16-20(22(26)30-14-13-28-2)21(18-9-11-19(29-3)12-10-18)24-23(27)25(16)15-17-7-5-4-6-8-17/h4-12,21H,13-15H2,1-3H3,(H,24,27)/t21-/m1/s1. The van der Waals surface area contributed by atoms with Gasteiger partial charge in [0.15, 0.2) is 0 Å². The molecule has 1 atom stereocenters. The average molecular weight is 410 g/mol. The van der Waals surface area contributed by atoms with Crippen molar-refractivity contribution in [3.05, 3.63) is 77.0 Å². The highest BCUT2D eigenvalue weighted by molar-refractivity contribution is 5.95. The number of ether oxygens (including phenoxy) is 3. The van der Waals surface area contributed by atoms with E-state index in [1.807, 2.05) is 42.5 Å². The second-order valence-electron chi connectivity index (χ2n) is 6.86. The number of amides is 2. The molecule has 0 aromatic heterocycles. The maximum atomic E-state index is 13.0. The molecule has 1 heterocycles. The van der Waals surface area contributed by atoms with Crippen LogP contribution >= 0.6 is 0 Å². The Hall–Kier alpha value is -3.32. The third-order valence-corrected chi connectivity index (χ3v) is 4.97. The Balaban J connectivity index is 1.96. The van der Waals surface area contributed by atoms with E-state index in [1.54, 1.807) is 38.2 Å². The maximum Gasteiger partial charge on any atom is 0.338 e. The van der Waals surface area contributed by atoms with Gasteiger partial charge in [0.2, 0.25) is 0 Å². The van der Waals surface area contributed by atoms with Crippen LogP contribution in [0.4, 0.5) is 4.79 Å². The lowest BCUT2D eigenvalue weighted by Gasteiger charge is -2.35. The van der Waals surface area contributed by atoms with E-state index in [9.17, 15) is 9.59 Å². The summed E-state index contributed by atoms with van der Waals surface area (Å²) in [7, 11) is 3.13. The second-order valence-corrected chi connectivity index (χ2v) is 6.86. The van der Waals surface area contributed by atoms with Gasteiger partial charge in [0.05, 0.1) is 31.9 Å². The normalized spacial score (nSPS) is 16.3. The highest BCUT2D eigenvalue weighted by Crippen LogP contribution is 2.32. The molecule has 7 heteroatoms. The van der Waals surface area contributed by atoms with Gasteiger partial charge in [0, 0.05) is 12.8 Å². The van der Waals surface area contributed by atoms with Gasteiger partial charge in [-0.15, -0.1) is 0 Å². The Bertz CT molecular complexity index is 909. The lowest BCUT2D eigenvalue weighted by molar-refractivity contribution is -0.140. The van der Waals surface area contributed by atoms with Crippen molar-refractivity contribution >= 4 is 12.0 Å². The van der Waals surface area contributed by atoms with E-state index in [0.29, 0.717) is 30.2 Å². The van der Waals surface area contributed by atoms with Crippen LogP contribution in [0.1, 0.15) is 24.1 Å². The molecule has 0 saturated heterocycles. The summed E-state index contributed by atoms with van der Waals surface area (Å²) >= 11 is 0. The Morgan fingerprint density at radius 3 is 2.37 bits per heavy atom.